The van der Waals surface area contributed by atoms with E-state index in [4.69, 9.17) is 9.84 Å². The normalized spacial score (nSPS) is 17.7. The number of hydrogen-bond acceptors (Lipinski definition) is 4. The van der Waals surface area contributed by atoms with Gasteiger partial charge >= 0.3 is 12.1 Å². The van der Waals surface area contributed by atoms with Gasteiger partial charge in [-0.15, -0.1) is 0 Å². The van der Waals surface area contributed by atoms with Gasteiger partial charge in [0.05, 0.1) is 0 Å². The van der Waals surface area contributed by atoms with E-state index in [-0.39, 0.29) is 36.7 Å². The molecule has 2 amide bonds. The van der Waals surface area contributed by atoms with E-state index in [1.807, 2.05) is 38.1 Å². The maximum Gasteiger partial charge on any atom is 0.407 e. The molecule has 0 spiro atoms. The predicted octanol–water partition coefficient (Wildman–Crippen LogP) is 4.65. The predicted molar refractivity (Wildman–Crippen MR) is 133 cm³/mol. The number of carbonyl (C=O) groups excluding carboxylic acids is 2. The van der Waals surface area contributed by atoms with Crippen LogP contribution in [0, 0.1) is 11.8 Å². The van der Waals surface area contributed by atoms with Gasteiger partial charge in [0.2, 0.25) is 5.91 Å². The summed E-state index contributed by atoms with van der Waals surface area (Å²) in [5.41, 5.74) is 4.61. The van der Waals surface area contributed by atoms with Crippen LogP contribution in [0.1, 0.15) is 56.6 Å². The third-order valence-corrected chi connectivity index (χ3v) is 7.00. The number of carboxylic acid groups (broad SMARTS) is 1. The molecule has 35 heavy (non-hydrogen) atoms. The van der Waals surface area contributed by atoms with Crippen LogP contribution in [0.2, 0.25) is 0 Å². The minimum absolute atomic E-state index is 0.0408. The Hall–Kier alpha value is -3.35. The van der Waals surface area contributed by atoms with Gasteiger partial charge in [0.1, 0.15) is 12.6 Å². The van der Waals surface area contributed by atoms with E-state index in [2.05, 4.69) is 29.6 Å². The van der Waals surface area contributed by atoms with Crippen LogP contribution in [0.25, 0.3) is 11.1 Å². The van der Waals surface area contributed by atoms with Gasteiger partial charge in [-0.1, -0.05) is 62.4 Å². The summed E-state index contributed by atoms with van der Waals surface area (Å²) in [5, 5.41) is 11.7. The highest BCUT2D eigenvalue weighted by Gasteiger charge is 2.33. The second kappa shape index (κ2) is 10.9. The van der Waals surface area contributed by atoms with Crippen molar-refractivity contribution in [3.05, 3.63) is 59.7 Å². The fraction of sp³-hybridized carbons (Fsp3) is 0.464. The first kappa shape index (κ1) is 24.8. The number of hydrogen-bond donors (Lipinski definition) is 2. The summed E-state index contributed by atoms with van der Waals surface area (Å²) in [6, 6.07) is 15.7. The maximum absolute atomic E-state index is 13.2. The quantitative estimate of drug-likeness (QED) is 0.547. The maximum atomic E-state index is 13.2. The Morgan fingerprint density at radius 1 is 1.06 bits per heavy atom. The van der Waals surface area contributed by atoms with Gasteiger partial charge in [0, 0.05) is 25.4 Å². The van der Waals surface area contributed by atoms with Crippen LogP contribution in [0.15, 0.2) is 48.5 Å². The molecular formula is C28H34N2O5. The van der Waals surface area contributed by atoms with Crippen molar-refractivity contribution in [1.82, 2.24) is 10.2 Å². The molecule has 2 aromatic rings. The standard InChI is InChI=1S/C28H34N2O5/c1-18(2)15-25(27(33)30-14-13-19(16-30)11-12-26(31)32)29-28(34)35-17-24-22-9-5-3-7-20(22)21-8-4-6-10-23(21)24/h3-10,18-19,24-25H,11-17H2,1-2H3,(H,29,34)(H,31,32)/t19?,25-/m0/s1. The Labute approximate surface area is 206 Å². The van der Waals surface area contributed by atoms with Gasteiger partial charge in [-0.25, -0.2) is 4.79 Å². The van der Waals surface area contributed by atoms with E-state index in [1.165, 1.54) is 0 Å². The van der Waals surface area contributed by atoms with Crippen LogP contribution in [0.4, 0.5) is 4.79 Å². The largest absolute Gasteiger partial charge is 0.481 e. The van der Waals surface area contributed by atoms with E-state index in [9.17, 15) is 14.4 Å². The van der Waals surface area contributed by atoms with Crippen LogP contribution in [-0.4, -0.2) is 53.7 Å². The summed E-state index contributed by atoms with van der Waals surface area (Å²) in [5.74, 6) is -0.581. The van der Waals surface area contributed by atoms with Crippen molar-refractivity contribution in [1.29, 1.82) is 0 Å². The number of rotatable bonds is 9. The highest BCUT2D eigenvalue weighted by molar-refractivity contribution is 5.86. The molecule has 1 aliphatic heterocycles. The van der Waals surface area contributed by atoms with Gasteiger partial charge in [-0.3, -0.25) is 9.59 Å². The number of nitrogens with zero attached hydrogens (tertiary/aromatic N) is 1. The lowest BCUT2D eigenvalue weighted by Crippen LogP contribution is -2.48. The summed E-state index contributed by atoms with van der Waals surface area (Å²) in [7, 11) is 0. The molecule has 2 N–H and O–H groups in total. The molecule has 2 aromatic carbocycles. The van der Waals surface area contributed by atoms with Crippen molar-refractivity contribution in [3.63, 3.8) is 0 Å². The number of carbonyl (C=O) groups is 3. The summed E-state index contributed by atoms with van der Waals surface area (Å²) in [6.45, 7) is 5.35. The zero-order chi connectivity index (χ0) is 24.9. The Balaban J connectivity index is 1.37. The first-order chi connectivity index (χ1) is 16.8. The molecule has 1 saturated heterocycles. The van der Waals surface area contributed by atoms with E-state index in [0.717, 1.165) is 28.7 Å². The molecule has 1 fully saturated rings. The first-order valence-electron chi connectivity index (χ1n) is 12.5. The minimum atomic E-state index is -0.815. The van der Waals surface area contributed by atoms with Crippen LogP contribution < -0.4 is 5.32 Å². The third-order valence-electron chi connectivity index (χ3n) is 7.00. The first-order valence-corrected chi connectivity index (χ1v) is 12.5. The Morgan fingerprint density at radius 3 is 2.29 bits per heavy atom. The van der Waals surface area contributed by atoms with E-state index < -0.39 is 18.1 Å². The van der Waals surface area contributed by atoms with E-state index in [1.54, 1.807) is 4.90 Å². The molecule has 0 aromatic heterocycles. The number of amides is 2. The number of carboxylic acids is 1. The van der Waals surface area contributed by atoms with Crippen molar-refractivity contribution in [2.24, 2.45) is 11.8 Å². The molecule has 7 nitrogen and oxygen atoms in total. The molecule has 2 atom stereocenters. The van der Waals surface area contributed by atoms with Gasteiger partial charge in [-0.2, -0.15) is 0 Å². The summed E-state index contributed by atoms with van der Waals surface area (Å²) >= 11 is 0. The van der Waals surface area contributed by atoms with Crippen molar-refractivity contribution < 1.29 is 24.2 Å². The third kappa shape index (κ3) is 5.84. The number of likely N-dealkylation sites (tertiary alicyclic amines) is 1. The lowest BCUT2D eigenvalue weighted by molar-refractivity contribution is -0.137. The molecule has 7 heteroatoms. The van der Waals surface area contributed by atoms with Crippen LogP contribution >= 0.6 is 0 Å². The van der Waals surface area contributed by atoms with E-state index >= 15 is 0 Å². The average Bonchev–Trinajstić information content (AvgIpc) is 3.43. The highest BCUT2D eigenvalue weighted by Crippen LogP contribution is 2.44. The topological polar surface area (TPSA) is 95.9 Å². The number of alkyl carbamates (subject to hydrolysis) is 1. The Morgan fingerprint density at radius 2 is 1.69 bits per heavy atom. The second-order valence-electron chi connectivity index (χ2n) is 10.0. The molecule has 1 unspecified atom stereocenters. The minimum Gasteiger partial charge on any atom is -0.481 e. The van der Waals surface area contributed by atoms with E-state index in [0.29, 0.717) is 25.9 Å². The summed E-state index contributed by atoms with van der Waals surface area (Å²) < 4.78 is 5.66. The fourth-order valence-electron chi connectivity index (χ4n) is 5.29. The lowest BCUT2D eigenvalue weighted by atomic mass is 9.98. The summed E-state index contributed by atoms with van der Waals surface area (Å²) in [6.07, 6.45) is 1.39. The highest BCUT2D eigenvalue weighted by atomic mass is 16.5. The van der Waals surface area contributed by atoms with Crippen molar-refractivity contribution in [2.75, 3.05) is 19.7 Å². The monoisotopic (exact) mass is 478 g/mol. The smallest absolute Gasteiger partial charge is 0.407 e. The van der Waals surface area contributed by atoms with Gasteiger partial charge in [0.15, 0.2) is 0 Å². The second-order valence-corrected chi connectivity index (χ2v) is 10.0. The van der Waals surface area contributed by atoms with Crippen LogP contribution in [0.3, 0.4) is 0 Å². The number of ether oxygens (including phenoxy) is 1. The van der Waals surface area contributed by atoms with Crippen molar-refractivity contribution >= 4 is 18.0 Å². The lowest BCUT2D eigenvalue weighted by Gasteiger charge is -2.26. The molecule has 0 radical (unpaired) electrons. The number of nitrogens with one attached hydrogen (secondary N) is 1. The zero-order valence-corrected chi connectivity index (χ0v) is 20.4. The number of fused-ring (bicyclic) bond motifs is 3. The van der Waals surface area contributed by atoms with Gasteiger partial charge < -0.3 is 20.1 Å². The molecule has 0 saturated carbocycles. The molecule has 1 aliphatic carbocycles. The average molecular weight is 479 g/mol. The molecule has 4 rings (SSSR count). The van der Waals surface area contributed by atoms with Crippen molar-refractivity contribution in [3.8, 4) is 11.1 Å². The van der Waals surface area contributed by atoms with Crippen LogP contribution in [0.5, 0.6) is 0 Å². The number of aliphatic carboxylic acids is 1. The molecule has 2 aliphatic rings. The van der Waals surface area contributed by atoms with Crippen molar-refractivity contribution in [2.45, 2.75) is 51.5 Å². The SMILES string of the molecule is CC(C)C[C@H](NC(=O)OCC1c2ccccc2-c2ccccc21)C(=O)N1CCC(CCC(=O)O)C1. The fourth-order valence-corrected chi connectivity index (χ4v) is 5.29. The van der Waals surface area contributed by atoms with Crippen LogP contribution in [-0.2, 0) is 14.3 Å². The molecule has 1 heterocycles. The van der Waals surface area contributed by atoms with Gasteiger partial charge in [-0.05, 0) is 53.4 Å². The molecule has 186 valence electrons. The zero-order valence-electron chi connectivity index (χ0n) is 20.4. The Kier molecular flexibility index (Phi) is 7.73. The number of benzene rings is 2. The summed E-state index contributed by atoms with van der Waals surface area (Å²) in [4.78, 5) is 38.7. The van der Waals surface area contributed by atoms with Gasteiger partial charge in [0.25, 0.3) is 0 Å². The molecule has 0 bridgehead atoms. The Bertz CT molecular complexity index is 1040. The molecular weight excluding hydrogens is 444 g/mol.